The number of amides is 1. The van der Waals surface area contributed by atoms with Gasteiger partial charge in [0.25, 0.3) is 10.0 Å². The van der Waals surface area contributed by atoms with E-state index < -0.39 is 22.5 Å². The molecule has 0 bridgehead atoms. The summed E-state index contributed by atoms with van der Waals surface area (Å²) in [4.78, 5) is 13.0. The van der Waals surface area contributed by atoms with Gasteiger partial charge in [-0.1, -0.05) is 56.3 Å². The van der Waals surface area contributed by atoms with Gasteiger partial charge < -0.3 is 10.1 Å². The SMILES string of the molecule is CCOc1ccccc1N(CC(=O)Nc1ccc(C(C)C)cc1)S(=O)(=O)c1ccccc1. The Hall–Kier alpha value is -3.32. The zero-order valence-corrected chi connectivity index (χ0v) is 19.3. The summed E-state index contributed by atoms with van der Waals surface area (Å²) in [6, 6.07) is 22.4. The molecule has 0 spiro atoms. The van der Waals surface area contributed by atoms with E-state index in [4.69, 9.17) is 4.74 Å². The Morgan fingerprint density at radius 2 is 1.56 bits per heavy atom. The number of carbonyl (C=O) groups is 1. The molecule has 32 heavy (non-hydrogen) atoms. The van der Waals surface area contributed by atoms with Crippen LogP contribution in [0.15, 0.2) is 83.8 Å². The molecule has 3 aromatic rings. The summed E-state index contributed by atoms with van der Waals surface area (Å²) in [5, 5.41) is 2.80. The highest BCUT2D eigenvalue weighted by Crippen LogP contribution is 2.32. The summed E-state index contributed by atoms with van der Waals surface area (Å²) in [7, 11) is -4.01. The number of nitrogens with one attached hydrogen (secondary N) is 1. The second kappa shape index (κ2) is 10.3. The van der Waals surface area contributed by atoms with Crippen LogP contribution in [0, 0.1) is 0 Å². The van der Waals surface area contributed by atoms with Crippen molar-refractivity contribution in [1.82, 2.24) is 0 Å². The minimum atomic E-state index is -4.01. The van der Waals surface area contributed by atoms with E-state index in [9.17, 15) is 13.2 Å². The van der Waals surface area contributed by atoms with Crippen LogP contribution in [0.5, 0.6) is 5.75 Å². The third kappa shape index (κ3) is 5.48. The minimum absolute atomic E-state index is 0.0976. The molecule has 0 saturated heterocycles. The molecule has 0 aliphatic heterocycles. The topological polar surface area (TPSA) is 75.7 Å². The van der Waals surface area contributed by atoms with E-state index in [2.05, 4.69) is 19.2 Å². The third-order valence-electron chi connectivity index (χ3n) is 4.91. The predicted molar refractivity (Wildman–Crippen MR) is 128 cm³/mol. The number of nitrogens with zero attached hydrogens (tertiary/aromatic N) is 1. The quantitative estimate of drug-likeness (QED) is 0.493. The fourth-order valence-corrected chi connectivity index (χ4v) is 4.69. The number of sulfonamides is 1. The number of ether oxygens (including phenoxy) is 1. The molecule has 1 N–H and O–H groups in total. The van der Waals surface area contributed by atoms with Crippen molar-refractivity contribution in [3.05, 3.63) is 84.4 Å². The molecule has 168 valence electrons. The van der Waals surface area contributed by atoms with Gasteiger partial charge in [0.15, 0.2) is 0 Å². The number of anilines is 2. The maximum absolute atomic E-state index is 13.5. The fourth-order valence-electron chi connectivity index (χ4n) is 3.24. The molecule has 0 heterocycles. The van der Waals surface area contributed by atoms with Crippen molar-refractivity contribution in [2.24, 2.45) is 0 Å². The highest BCUT2D eigenvalue weighted by Gasteiger charge is 2.29. The zero-order valence-electron chi connectivity index (χ0n) is 18.5. The average molecular weight is 453 g/mol. The lowest BCUT2D eigenvalue weighted by Gasteiger charge is -2.26. The summed E-state index contributed by atoms with van der Waals surface area (Å²) in [5.74, 6) is 0.318. The highest BCUT2D eigenvalue weighted by atomic mass is 32.2. The lowest BCUT2D eigenvalue weighted by Crippen LogP contribution is -2.38. The van der Waals surface area contributed by atoms with Crippen LogP contribution in [0.1, 0.15) is 32.3 Å². The van der Waals surface area contributed by atoms with Crippen LogP contribution >= 0.6 is 0 Å². The summed E-state index contributed by atoms with van der Waals surface area (Å²) in [5.41, 5.74) is 2.07. The first kappa shape index (κ1) is 23.3. The fraction of sp³-hybridized carbons (Fsp3) is 0.240. The number of hydrogen-bond acceptors (Lipinski definition) is 4. The van der Waals surface area contributed by atoms with E-state index in [0.717, 1.165) is 9.87 Å². The first-order valence-electron chi connectivity index (χ1n) is 10.5. The molecule has 0 unspecified atom stereocenters. The smallest absolute Gasteiger partial charge is 0.264 e. The molecule has 0 aromatic heterocycles. The Bertz CT molecular complexity index is 1140. The van der Waals surface area contributed by atoms with Crippen LogP contribution in [0.25, 0.3) is 0 Å². The molecule has 6 nitrogen and oxygen atoms in total. The number of rotatable bonds is 9. The van der Waals surface area contributed by atoms with Crippen molar-refractivity contribution in [2.75, 3.05) is 22.8 Å². The van der Waals surface area contributed by atoms with Gasteiger partial charge in [0.2, 0.25) is 5.91 Å². The summed E-state index contributed by atoms with van der Waals surface area (Å²) >= 11 is 0. The molecular weight excluding hydrogens is 424 g/mol. The summed E-state index contributed by atoms with van der Waals surface area (Å²) in [6.07, 6.45) is 0. The van der Waals surface area contributed by atoms with Gasteiger partial charge >= 0.3 is 0 Å². The van der Waals surface area contributed by atoms with Gasteiger partial charge in [-0.2, -0.15) is 0 Å². The highest BCUT2D eigenvalue weighted by molar-refractivity contribution is 7.92. The van der Waals surface area contributed by atoms with E-state index in [1.165, 1.54) is 12.1 Å². The van der Waals surface area contributed by atoms with E-state index >= 15 is 0 Å². The average Bonchev–Trinajstić information content (AvgIpc) is 2.79. The number of carbonyl (C=O) groups excluding carboxylic acids is 1. The van der Waals surface area contributed by atoms with Crippen molar-refractivity contribution < 1.29 is 17.9 Å². The van der Waals surface area contributed by atoms with Gasteiger partial charge in [0.1, 0.15) is 12.3 Å². The van der Waals surface area contributed by atoms with Crippen molar-refractivity contribution >= 4 is 27.3 Å². The molecule has 0 aliphatic rings. The van der Waals surface area contributed by atoms with Gasteiger partial charge in [-0.15, -0.1) is 0 Å². The molecule has 3 rings (SSSR count). The van der Waals surface area contributed by atoms with Crippen LogP contribution < -0.4 is 14.4 Å². The third-order valence-corrected chi connectivity index (χ3v) is 6.69. The summed E-state index contributed by atoms with van der Waals surface area (Å²) in [6.45, 7) is 5.98. The first-order chi connectivity index (χ1) is 15.3. The second-order valence-corrected chi connectivity index (χ2v) is 9.41. The van der Waals surface area contributed by atoms with Crippen molar-refractivity contribution in [1.29, 1.82) is 0 Å². The van der Waals surface area contributed by atoms with E-state index in [1.54, 1.807) is 42.5 Å². The maximum atomic E-state index is 13.5. The van der Waals surface area contributed by atoms with Crippen LogP contribution in [-0.4, -0.2) is 27.5 Å². The van der Waals surface area contributed by atoms with E-state index in [0.29, 0.717) is 29.6 Å². The summed E-state index contributed by atoms with van der Waals surface area (Å²) < 4.78 is 33.7. The maximum Gasteiger partial charge on any atom is 0.264 e. The molecule has 1 amide bonds. The number of hydrogen-bond donors (Lipinski definition) is 1. The predicted octanol–water partition coefficient (Wildman–Crippen LogP) is 5.04. The lowest BCUT2D eigenvalue weighted by atomic mass is 10.0. The molecule has 0 radical (unpaired) electrons. The number of para-hydroxylation sites is 2. The Morgan fingerprint density at radius 1 is 0.938 bits per heavy atom. The minimum Gasteiger partial charge on any atom is -0.492 e. The molecule has 7 heteroatoms. The number of benzene rings is 3. The monoisotopic (exact) mass is 452 g/mol. The van der Waals surface area contributed by atoms with Crippen molar-refractivity contribution in [2.45, 2.75) is 31.6 Å². The largest absolute Gasteiger partial charge is 0.492 e. The van der Waals surface area contributed by atoms with Crippen molar-refractivity contribution in [3.8, 4) is 5.75 Å². The Labute approximate surface area is 189 Å². The standard InChI is InChI=1S/C25H28N2O4S/c1-4-31-24-13-9-8-12-23(24)27(32(29,30)22-10-6-5-7-11-22)18-25(28)26-21-16-14-20(15-17-21)19(2)3/h5-17,19H,4,18H2,1-3H3,(H,26,28). The molecule has 0 fully saturated rings. The lowest BCUT2D eigenvalue weighted by molar-refractivity contribution is -0.114. The Balaban J connectivity index is 1.93. The van der Waals surface area contributed by atoms with Crippen molar-refractivity contribution in [3.63, 3.8) is 0 Å². The molecule has 0 saturated carbocycles. The van der Waals surface area contributed by atoms with Gasteiger partial charge in [0, 0.05) is 5.69 Å². The van der Waals surface area contributed by atoms with Gasteiger partial charge in [0.05, 0.1) is 17.2 Å². The van der Waals surface area contributed by atoms with Gasteiger partial charge in [-0.05, 0) is 54.8 Å². The normalized spacial score (nSPS) is 11.2. The first-order valence-corrected chi connectivity index (χ1v) is 12.0. The van der Waals surface area contributed by atoms with Crippen LogP contribution in [-0.2, 0) is 14.8 Å². The molecule has 3 aromatic carbocycles. The zero-order chi connectivity index (χ0) is 23.1. The van der Waals surface area contributed by atoms with Crippen LogP contribution in [0.4, 0.5) is 11.4 Å². The van der Waals surface area contributed by atoms with E-state index in [1.807, 2.05) is 31.2 Å². The van der Waals surface area contributed by atoms with Gasteiger partial charge in [-0.25, -0.2) is 8.42 Å². The van der Waals surface area contributed by atoms with Gasteiger partial charge in [-0.3, -0.25) is 9.10 Å². The Kier molecular flexibility index (Phi) is 7.53. The second-order valence-electron chi connectivity index (χ2n) is 7.55. The van der Waals surface area contributed by atoms with E-state index in [-0.39, 0.29) is 4.90 Å². The van der Waals surface area contributed by atoms with Crippen LogP contribution in [0.3, 0.4) is 0 Å². The van der Waals surface area contributed by atoms with Crippen LogP contribution in [0.2, 0.25) is 0 Å². The Morgan fingerprint density at radius 3 is 2.19 bits per heavy atom. The molecular formula is C25H28N2O4S. The molecule has 0 atom stereocenters. The molecule has 0 aliphatic carbocycles.